The number of amides is 6. The molecule has 0 saturated carbocycles. The number of H-pyrrole nitrogens is 1. The molecule has 0 radical (unpaired) electrons. The zero-order chi connectivity index (χ0) is 35.5. The fourth-order valence-electron chi connectivity index (χ4n) is 6.41. The Morgan fingerprint density at radius 1 is 0.940 bits per heavy atom. The number of aromatic nitrogens is 1. The van der Waals surface area contributed by atoms with E-state index in [0.717, 1.165) is 10.5 Å². The molecule has 3 aliphatic heterocycles. The van der Waals surface area contributed by atoms with Gasteiger partial charge in [-0.05, 0) is 80.6 Å². The number of imide groups is 2. The lowest BCUT2D eigenvalue weighted by Crippen LogP contribution is -2.54. The summed E-state index contributed by atoms with van der Waals surface area (Å²) in [5.74, 6) is -3.21. The summed E-state index contributed by atoms with van der Waals surface area (Å²) in [5, 5.41) is 7.75. The number of benzene rings is 2. The van der Waals surface area contributed by atoms with Crippen LogP contribution in [0.4, 0.5) is 10.1 Å². The van der Waals surface area contributed by atoms with Crippen LogP contribution in [0.5, 0.6) is 0 Å². The molecule has 14 heteroatoms. The zero-order valence-electron chi connectivity index (χ0n) is 27.6. The number of carbonyl (C=O) groups excluding carboxylic acids is 6. The number of hydrogen-bond acceptors (Lipinski definition) is 8. The topological polar surface area (TPSA) is 176 Å². The number of halogens is 1. The highest BCUT2D eigenvalue weighted by Crippen LogP contribution is 2.34. The molecule has 1 fully saturated rings. The molecule has 0 bridgehead atoms. The van der Waals surface area contributed by atoms with E-state index in [1.165, 1.54) is 18.2 Å². The Balaban J connectivity index is 0.890. The molecule has 13 nitrogen and oxygen atoms in total. The summed E-state index contributed by atoms with van der Waals surface area (Å²) in [5.41, 5.74) is 4.99. The summed E-state index contributed by atoms with van der Waals surface area (Å²) >= 11 is 0. The van der Waals surface area contributed by atoms with E-state index in [1.54, 1.807) is 38.1 Å². The Bertz CT molecular complexity index is 1950. The van der Waals surface area contributed by atoms with Crippen molar-refractivity contribution in [3.05, 3.63) is 87.0 Å². The number of fused-ring (bicyclic) bond motifs is 2. The highest BCUT2D eigenvalue weighted by molar-refractivity contribution is 6.35. The van der Waals surface area contributed by atoms with E-state index in [2.05, 4.69) is 20.9 Å². The first kappa shape index (κ1) is 34.4. The van der Waals surface area contributed by atoms with E-state index in [1.807, 2.05) is 0 Å². The number of hydrogen-bond donors (Lipinski definition) is 4. The minimum absolute atomic E-state index is 0.0661. The van der Waals surface area contributed by atoms with Crippen LogP contribution in [0.1, 0.15) is 78.4 Å². The minimum atomic E-state index is -0.998. The van der Waals surface area contributed by atoms with Gasteiger partial charge in [-0.25, -0.2) is 4.39 Å². The van der Waals surface area contributed by atoms with Crippen LogP contribution in [-0.4, -0.2) is 84.3 Å². The maximum atomic E-state index is 13.8. The molecule has 4 N–H and O–H groups in total. The lowest BCUT2D eigenvalue weighted by Gasteiger charge is -2.27. The van der Waals surface area contributed by atoms with Gasteiger partial charge in [-0.15, -0.1) is 0 Å². The van der Waals surface area contributed by atoms with Gasteiger partial charge in [0, 0.05) is 42.2 Å². The molecule has 0 aliphatic carbocycles. The first-order valence-corrected chi connectivity index (χ1v) is 16.3. The molecular weight excluding hydrogens is 649 g/mol. The molecule has 3 aromatic rings. The molecule has 1 aromatic heterocycles. The third kappa shape index (κ3) is 6.98. The van der Waals surface area contributed by atoms with Gasteiger partial charge in [-0.3, -0.25) is 39.0 Å². The van der Waals surface area contributed by atoms with Crippen molar-refractivity contribution in [3.63, 3.8) is 0 Å². The normalized spacial score (nSPS) is 17.7. The van der Waals surface area contributed by atoms with Crippen molar-refractivity contribution in [1.29, 1.82) is 0 Å². The number of aromatic amines is 1. The van der Waals surface area contributed by atoms with Gasteiger partial charge < -0.3 is 25.1 Å². The van der Waals surface area contributed by atoms with Gasteiger partial charge in [0.1, 0.15) is 11.9 Å². The van der Waals surface area contributed by atoms with E-state index in [9.17, 15) is 33.2 Å². The molecule has 260 valence electrons. The lowest BCUT2D eigenvalue weighted by atomic mass is 10.0. The van der Waals surface area contributed by atoms with E-state index in [0.29, 0.717) is 72.0 Å². The molecule has 6 amide bonds. The van der Waals surface area contributed by atoms with Crippen LogP contribution in [-0.2, 0) is 30.3 Å². The second kappa shape index (κ2) is 14.6. The third-order valence-electron chi connectivity index (χ3n) is 8.92. The molecule has 3 aliphatic rings. The van der Waals surface area contributed by atoms with Gasteiger partial charge in [0.15, 0.2) is 0 Å². The van der Waals surface area contributed by atoms with Crippen molar-refractivity contribution in [2.75, 3.05) is 38.3 Å². The Labute approximate surface area is 286 Å². The van der Waals surface area contributed by atoms with Gasteiger partial charge in [-0.2, -0.15) is 0 Å². The fourth-order valence-corrected chi connectivity index (χ4v) is 6.41. The fraction of sp³-hybridized carbons (Fsp3) is 0.333. The van der Waals surface area contributed by atoms with Crippen LogP contribution >= 0.6 is 0 Å². The van der Waals surface area contributed by atoms with Crippen LogP contribution < -0.4 is 16.0 Å². The zero-order valence-corrected chi connectivity index (χ0v) is 27.6. The quantitative estimate of drug-likeness (QED) is 0.121. The van der Waals surface area contributed by atoms with Gasteiger partial charge in [0.2, 0.25) is 11.8 Å². The van der Waals surface area contributed by atoms with Gasteiger partial charge >= 0.3 is 0 Å². The molecule has 1 atom stereocenters. The number of rotatable bonds is 13. The van der Waals surface area contributed by atoms with E-state index in [4.69, 9.17) is 9.47 Å². The van der Waals surface area contributed by atoms with Crippen LogP contribution in [0.3, 0.4) is 0 Å². The lowest BCUT2D eigenvalue weighted by molar-refractivity contribution is -0.136. The van der Waals surface area contributed by atoms with Crippen molar-refractivity contribution < 1.29 is 42.6 Å². The van der Waals surface area contributed by atoms with Crippen LogP contribution in [0.25, 0.3) is 11.6 Å². The molecule has 0 spiro atoms. The van der Waals surface area contributed by atoms with Crippen molar-refractivity contribution in [3.8, 4) is 0 Å². The van der Waals surface area contributed by atoms with Crippen LogP contribution in [0.2, 0.25) is 0 Å². The highest BCUT2D eigenvalue weighted by Gasteiger charge is 2.44. The summed E-state index contributed by atoms with van der Waals surface area (Å²) in [7, 11) is 0. The van der Waals surface area contributed by atoms with Crippen molar-refractivity contribution in [2.24, 2.45) is 0 Å². The Kier molecular flexibility index (Phi) is 10.0. The first-order valence-electron chi connectivity index (χ1n) is 16.3. The predicted molar refractivity (Wildman–Crippen MR) is 179 cm³/mol. The molecule has 50 heavy (non-hydrogen) atoms. The van der Waals surface area contributed by atoms with Crippen molar-refractivity contribution >= 4 is 52.8 Å². The van der Waals surface area contributed by atoms with Crippen molar-refractivity contribution in [1.82, 2.24) is 20.5 Å². The van der Waals surface area contributed by atoms with E-state index in [-0.39, 0.29) is 48.9 Å². The number of anilines is 1. The Morgan fingerprint density at radius 3 is 2.48 bits per heavy atom. The van der Waals surface area contributed by atoms with Crippen LogP contribution in [0.15, 0.2) is 36.4 Å². The number of piperidine rings is 1. The molecule has 6 rings (SSSR count). The monoisotopic (exact) mass is 685 g/mol. The summed E-state index contributed by atoms with van der Waals surface area (Å²) in [6, 6.07) is 8.14. The number of nitrogens with one attached hydrogen (secondary N) is 4. The first-order chi connectivity index (χ1) is 24.0. The summed E-state index contributed by atoms with van der Waals surface area (Å²) in [6.07, 6.45) is 3.06. The third-order valence-corrected chi connectivity index (χ3v) is 8.92. The Morgan fingerprint density at radius 2 is 1.70 bits per heavy atom. The smallest absolute Gasteiger partial charge is 0.262 e. The summed E-state index contributed by atoms with van der Waals surface area (Å²) in [4.78, 5) is 79.2. The average Bonchev–Trinajstić information content (AvgIpc) is 3.64. The van der Waals surface area contributed by atoms with Crippen LogP contribution in [0, 0.1) is 19.7 Å². The summed E-state index contributed by atoms with van der Waals surface area (Å²) in [6.45, 7) is 5.21. The predicted octanol–water partition coefficient (Wildman–Crippen LogP) is 3.06. The number of carbonyl (C=O) groups is 6. The standard InChI is InChI=1S/C36H36FN5O8/c1-19-28(18-25-24-17-22(37)6-8-27(24)40-32(25)44)39-20(2)31(19)34(46)38-11-13-50-15-14-49-12-3-4-21-5-7-23-26(16-21)36(48)42(35(23)47)29-9-10-30(43)41-33(29)45/h5-8,16-18,29,39H,3-4,9-15H2,1-2H3,(H,38,46)(H,40,44)(H,41,43,45)/b25-18-. The molecule has 4 heterocycles. The number of nitrogens with zero attached hydrogens (tertiary/aromatic N) is 1. The van der Waals surface area contributed by atoms with E-state index < -0.39 is 35.5 Å². The maximum absolute atomic E-state index is 13.8. The van der Waals surface area contributed by atoms with Crippen molar-refractivity contribution in [2.45, 2.75) is 45.6 Å². The van der Waals surface area contributed by atoms with Gasteiger partial charge in [0.25, 0.3) is 23.6 Å². The second-order valence-corrected chi connectivity index (χ2v) is 12.3. The average molecular weight is 686 g/mol. The maximum Gasteiger partial charge on any atom is 0.262 e. The van der Waals surface area contributed by atoms with Gasteiger partial charge in [0.05, 0.1) is 42.1 Å². The number of ether oxygens (including phenoxy) is 2. The van der Waals surface area contributed by atoms with Gasteiger partial charge in [-0.1, -0.05) is 6.07 Å². The highest BCUT2D eigenvalue weighted by atomic mass is 19.1. The molecule has 1 saturated heterocycles. The minimum Gasteiger partial charge on any atom is -0.379 e. The molecule has 1 unspecified atom stereocenters. The van der Waals surface area contributed by atoms with E-state index >= 15 is 0 Å². The largest absolute Gasteiger partial charge is 0.379 e. The number of aryl methyl sites for hydroxylation is 2. The summed E-state index contributed by atoms with van der Waals surface area (Å²) < 4.78 is 25.1. The second-order valence-electron chi connectivity index (χ2n) is 12.3. The Hall–Kier alpha value is -5.47. The SMILES string of the molecule is Cc1[nH]c(/C=C2\C(=O)Nc3ccc(F)cc32)c(C)c1C(=O)NCCOCCOCCCc1ccc2c(c1)C(=O)N(C1CCC(=O)NC1=O)C2=O. The molecule has 2 aromatic carbocycles. The molecular formula is C36H36FN5O8.